The van der Waals surface area contributed by atoms with Crippen LogP contribution in [0.4, 0.5) is 0 Å². The van der Waals surface area contributed by atoms with Gasteiger partial charge >= 0.3 is 0 Å². The topological polar surface area (TPSA) is 65.1 Å². The van der Waals surface area contributed by atoms with Crippen LogP contribution in [-0.2, 0) is 4.79 Å². The first-order chi connectivity index (χ1) is 15.1. The number of hydrogen-bond donors (Lipinski definition) is 0. The van der Waals surface area contributed by atoms with Crippen LogP contribution in [0.3, 0.4) is 0 Å². The Kier molecular flexibility index (Phi) is 6.55. The van der Waals surface area contributed by atoms with Gasteiger partial charge in [-0.05, 0) is 61.7 Å². The molecule has 162 valence electrons. The minimum absolute atomic E-state index is 0.0286. The van der Waals surface area contributed by atoms with Gasteiger partial charge in [0.25, 0.3) is 0 Å². The number of Topliss-reactive ketones (excluding diaryl/α,β-unsaturated/α-hetero) is 1. The third kappa shape index (κ3) is 5.08. The van der Waals surface area contributed by atoms with Crippen LogP contribution in [0.15, 0.2) is 48.5 Å². The number of nitrogens with zero attached hydrogens (tertiary/aromatic N) is 1. The van der Waals surface area contributed by atoms with Gasteiger partial charge in [0.2, 0.25) is 5.91 Å². The zero-order valence-electron chi connectivity index (χ0n) is 17.7. The lowest BCUT2D eigenvalue weighted by atomic mass is 9.88. The molecular weight excluding hydrogens is 394 g/mol. The van der Waals surface area contributed by atoms with Crippen molar-refractivity contribution in [3.63, 3.8) is 0 Å². The number of amides is 1. The van der Waals surface area contributed by atoms with Crippen molar-refractivity contribution in [2.45, 2.75) is 19.8 Å². The molecule has 1 fully saturated rings. The predicted octanol–water partition coefficient (Wildman–Crippen LogP) is 3.99. The molecule has 31 heavy (non-hydrogen) atoms. The molecule has 2 aliphatic rings. The number of fused-ring (bicyclic) bond motifs is 1. The average molecular weight is 421 g/mol. The van der Waals surface area contributed by atoms with Crippen molar-refractivity contribution in [3.05, 3.63) is 59.7 Å². The number of likely N-dealkylation sites (tertiary alicyclic amines) is 1. The molecule has 2 aromatic rings. The Morgan fingerprint density at radius 2 is 1.74 bits per heavy atom. The Balaban J connectivity index is 1.30. The van der Waals surface area contributed by atoms with E-state index in [1.54, 1.807) is 29.2 Å². The zero-order valence-corrected chi connectivity index (χ0v) is 17.7. The second-order valence-corrected chi connectivity index (χ2v) is 7.66. The first-order valence-electron chi connectivity index (χ1n) is 10.8. The molecule has 0 bridgehead atoms. The SMILES string of the molecule is CCOc1ccc(C=CC(=O)N2CCC(C(=O)c3ccc4c(c3)OCCO4)CC2)cc1. The van der Waals surface area contributed by atoms with Crippen molar-refractivity contribution in [1.29, 1.82) is 0 Å². The summed E-state index contributed by atoms with van der Waals surface area (Å²) in [7, 11) is 0. The molecule has 2 aromatic carbocycles. The van der Waals surface area contributed by atoms with E-state index in [2.05, 4.69) is 0 Å². The number of rotatable bonds is 6. The number of hydrogen-bond acceptors (Lipinski definition) is 5. The fourth-order valence-electron chi connectivity index (χ4n) is 3.91. The maximum Gasteiger partial charge on any atom is 0.246 e. The number of carbonyl (C=O) groups excluding carboxylic acids is 2. The van der Waals surface area contributed by atoms with Gasteiger partial charge in [0.05, 0.1) is 6.61 Å². The molecular formula is C25H27NO5. The monoisotopic (exact) mass is 421 g/mol. The van der Waals surface area contributed by atoms with Crippen LogP contribution in [0.5, 0.6) is 17.2 Å². The number of ketones is 1. The van der Waals surface area contributed by atoms with Crippen molar-refractivity contribution in [2.24, 2.45) is 5.92 Å². The van der Waals surface area contributed by atoms with Gasteiger partial charge in [0, 0.05) is 30.6 Å². The van der Waals surface area contributed by atoms with E-state index in [0.717, 1.165) is 11.3 Å². The molecule has 0 aliphatic carbocycles. The molecule has 2 heterocycles. The summed E-state index contributed by atoms with van der Waals surface area (Å²) < 4.78 is 16.5. The molecule has 0 atom stereocenters. The quantitative estimate of drug-likeness (QED) is 0.521. The standard InChI is InChI=1S/C25H27NO5/c1-2-29-21-7-3-18(4-8-21)5-10-24(27)26-13-11-19(12-14-26)25(28)20-6-9-22-23(17-20)31-16-15-30-22/h3-10,17,19H,2,11-16H2,1H3. The lowest BCUT2D eigenvalue weighted by Gasteiger charge is -2.30. The van der Waals surface area contributed by atoms with Crippen LogP contribution in [0, 0.1) is 5.92 Å². The number of piperidine rings is 1. The second-order valence-electron chi connectivity index (χ2n) is 7.66. The molecule has 0 aromatic heterocycles. The van der Waals surface area contributed by atoms with Crippen LogP contribution >= 0.6 is 0 Å². The lowest BCUT2D eigenvalue weighted by Crippen LogP contribution is -2.39. The van der Waals surface area contributed by atoms with Gasteiger partial charge in [-0.3, -0.25) is 9.59 Å². The fraction of sp³-hybridized carbons (Fsp3) is 0.360. The van der Waals surface area contributed by atoms with E-state index in [9.17, 15) is 9.59 Å². The second kappa shape index (κ2) is 9.69. The molecule has 0 unspecified atom stereocenters. The van der Waals surface area contributed by atoms with Crippen molar-refractivity contribution >= 4 is 17.8 Å². The largest absolute Gasteiger partial charge is 0.494 e. The van der Waals surface area contributed by atoms with E-state index in [1.807, 2.05) is 37.3 Å². The van der Waals surface area contributed by atoms with Crippen LogP contribution in [0.2, 0.25) is 0 Å². The normalized spacial score (nSPS) is 16.4. The smallest absolute Gasteiger partial charge is 0.246 e. The van der Waals surface area contributed by atoms with E-state index < -0.39 is 0 Å². The summed E-state index contributed by atoms with van der Waals surface area (Å²) in [6.45, 7) is 4.75. The third-order valence-electron chi connectivity index (χ3n) is 5.61. The first-order valence-corrected chi connectivity index (χ1v) is 10.8. The summed E-state index contributed by atoms with van der Waals surface area (Å²) in [5.41, 5.74) is 1.59. The molecule has 0 spiro atoms. The Bertz CT molecular complexity index is 958. The highest BCUT2D eigenvalue weighted by atomic mass is 16.6. The summed E-state index contributed by atoms with van der Waals surface area (Å²) in [6.07, 6.45) is 4.73. The summed E-state index contributed by atoms with van der Waals surface area (Å²) >= 11 is 0. The van der Waals surface area contributed by atoms with Gasteiger partial charge in [0.1, 0.15) is 19.0 Å². The molecule has 0 radical (unpaired) electrons. The highest BCUT2D eigenvalue weighted by Gasteiger charge is 2.28. The van der Waals surface area contributed by atoms with Crippen LogP contribution in [0.25, 0.3) is 6.08 Å². The average Bonchev–Trinajstić information content (AvgIpc) is 2.83. The van der Waals surface area contributed by atoms with Gasteiger partial charge < -0.3 is 19.1 Å². The fourth-order valence-corrected chi connectivity index (χ4v) is 3.91. The Labute approximate surface area is 182 Å². The summed E-state index contributed by atoms with van der Waals surface area (Å²) in [4.78, 5) is 27.3. The van der Waals surface area contributed by atoms with Crippen molar-refractivity contribution in [1.82, 2.24) is 4.90 Å². The summed E-state index contributed by atoms with van der Waals surface area (Å²) in [6, 6.07) is 13.0. The molecule has 4 rings (SSSR count). The highest BCUT2D eigenvalue weighted by Crippen LogP contribution is 2.32. The Hall–Kier alpha value is -3.28. The van der Waals surface area contributed by atoms with Crippen LogP contribution in [0.1, 0.15) is 35.7 Å². The number of ether oxygens (including phenoxy) is 3. The van der Waals surface area contributed by atoms with Gasteiger partial charge in [-0.15, -0.1) is 0 Å². The number of benzene rings is 2. The summed E-state index contributed by atoms with van der Waals surface area (Å²) in [5, 5.41) is 0. The van der Waals surface area contributed by atoms with Gasteiger partial charge in [0.15, 0.2) is 17.3 Å². The minimum Gasteiger partial charge on any atom is -0.494 e. The van der Waals surface area contributed by atoms with Crippen molar-refractivity contribution in [2.75, 3.05) is 32.9 Å². The Morgan fingerprint density at radius 1 is 1.03 bits per heavy atom. The summed E-state index contributed by atoms with van der Waals surface area (Å²) in [5.74, 6) is 2.12. The Morgan fingerprint density at radius 3 is 2.45 bits per heavy atom. The third-order valence-corrected chi connectivity index (χ3v) is 5.61. The lowest BCUT2D eigenvalue weighted by molar-refractivity contribution is -0.127. The zero-order chi connectivity index (χ0) is 21.6. The molecule has 2 aliphatic heterocycles. The van der Waals surface area contributed by atoms with Crippen LogP contribution < -0.4 is 14.2 Å². The molecule has 1 saturated heterocycles. The highest BCUT2D eigenvalue weighted by molar-refractivity contribution is 5.99. The molecule has 1 amide bonds. The molecule has 0 N–H and O–H groups in total. The van der Waals surface area contributed by atoms with E-state index in [-0.39, 0.29) is 17.6 Å². The number of carbonyl (C=O) groups is 2. The maximum atomic E-state index is 12.9. The molecule has 6 heteroatoms. The van der Waals surface area contributed by atoms with E-state index >= 15 is 0 Å². The van der Waals surface area contributed by atoms with Crippen molar-refractivity contribution < 1.29 is 23.8 Å². The maximum absolute atomic E-state index is 12.9. The van der Waals surface area contributed by atoms with Gasteiger partial charge in [-0.2, -0.15) is 0 Å². The van der Waals surface area contributed by atoms with Crippen LogP contribution in [-0.4, -0.2) is 49.5 Å². The minimum atomic E-state index is -0.0818. The van der Waals surface area contributed by atoms with Crippen molar-refractivity contribution in [3.8, 4) is 17.2 Å². The molecule has 0 saturated carbocycles. The van der Waals surface area contributed by atoms with E-state index in [0.29, 0.717) is 62.8 Å². The van der Waals surface area contributed by atoms with E-state index in [1.165, 1.54) is 0 Å². The predicted molar refractivity (Wildman–Crippen MR) is 118 cm³/mol. The van der Waals surface area contributed by atoms with E-state index in [4.69, 9.17) is 14.2 Å². The van der Waals surface area contributed by atoms with Gasteiger partial charge in [-0.1, -0.05) is 12.1 Å². The van der Waals surface area contributed by atoms with Gasteiger partial charge in [-0.25, -0.2) is 0 Å². The molecule has 6 nitrogen and oxygen atoms in total. The first kappa shape index (κ1) is 21.0.